The van der Waals surface area contributed by atoms with Gasteiger partial charge in [-0.25, -0.2) is 15.1 Å². The molecule has 0 spiro atoms. The van der Waals surface area contributed by atoms with Crippen molar-refractivity contribution in [2.75, 3.05) is 19.6 Å². The summed E-state index contributed by atoms with van der Waals surface area (Å²) in [4.78, 5) is 18.3. The number of alkyl halides is 5. The molecule has 0 saturated carbocycles. The lowest BCUT2D eigenvalue weighted by Crippen LogP contribution is -2.56. The van der Waals surface area contributed by atoms with Gasteiger partial charge in [-0.05, 0) is 68.8 Å². The second kappa shape index (κ2) is 13.0. The van der Waals surface area contributed by atoms with Gasteiger partial charge in [0.05, 0.1) is 29.9 Å². The summed E-state index contributed by atoms with van der Waals surface area (Å²) in [5.74, 6) is 0.281. The van der Waals surface area contributed by atoms with Gasteiger partial charge in [-0.2, -0.15) is 27.0 Å². The van der Waals surface area contributed by atoms with Crippen LogP contribution in [0.15, 0.2) is 41.6 Å². The summed E-state index contributed by atoms with van der Waals surface area (Å²) in [7, 11) is 0. The molecule has 244 valence electrons. The van der Waals surface area contributed by atoms with E-state index in [1.165, 1.54) is 30.6 Å². The number of rotatable bonds is 4. The number of aromatic nitrogens is 5. The average molecular weight is 656 g/mol. The van der Waals surface area contributed by atoms with Crippen LogP contribution < -0.4 is 21.6 Å². The van der Waals surface area contributed by atoms with Crippen molar-refractivity contribution < 1.29 is 22.0 Å². The van der Waals surface area contributed by atoms with E-state index in [1.54, 1.807) is 4.57 Å². The molecule has 1 aromatic carbocycles. The van der Waals surface area contributed by atoms with Gasteiger partial charge in [0.2, 0.25) is 0 Å². The van der Waals surface area contributed by atoms with Gasteiger partial charge >= 0.3 is 12.7 Å². The first-order chi connectivity index (χ1) is 21.5. The standard InChI is InChI=1S/C29H35ClF5N9O/c1-16-3-2-4-24(21-9-17(7-8-36-21)27-22(37-12-16)13-39-44(27)28(31)32)42-15-38-20(11-26(42)45)19-10-18(30)5-6-23(19)43-14-25(40-41-43)29(33,34)35/h5-6,10-11,14-17,21-22,24,27-28,36-37,39H,2-4,7-9,12-13H2,1H3/t16-,17?,21?,22?,24+,27?/m1/s1. The van der Waals surface area contributed by atoms with Gasteiger partial charge in [0.15, 0.2) is 5.69 Å². The van der Waals surface area contributed by atoms with Crippen molar-refractivity contribution >= 4 is 11.6 Å². The number of halogens is 6. The van der Waals surface area contributed by atoms with Crippen molar-refractivity contribution in [2.45, 2.75) is 75.9 Å². The van der Waals surface area contributed by atoms with Crippen LogP contribution in [-0.2, 0) is 6.18 Å². The number of piperidine rings is 1. The van der Waals surface area contributed by atoms with Crippen LogP contribution >= 0.6 is 11.6 Å². The summed E-state index contributed by atoms with van der Waals surface area (Å²) in [5, 5.41) is 15.4. The predicted molar refractivity (Wildman–Crippen MR) is 157 cm³/mol. The van der Waals surface area contributed by atoms with Gasteiger partial charge in [0.25, 0.3) is 5.56 Å². The second-order valence-electron chi connectivity index (χ2n) is 12.2. The van der Waals surface area contributed by atoms with Crippen LogP contribution in [0.25, 0.3) is 16.9 Å². The molecular weight excluding hydrogens is 621 g/mol. The first-order valence-corrected chi connectivity index (χ1v) is 15.5. The minimum Gasteiger partial charge on any atom is -0.312 e. The van der Waals surface area contributed by atoms with E-state index in [0.717, 1.165) is 35.2 Å². The molecule has 16 heteroatoms. The molecule has 6 rings (SSSR count). The number of nitrogens with zero attached hydrogens (tertiary/aromatic N) is 6. The van der Waals surface area contributed by atoms with Crippen molar-refractivity contribution in [1.29, 1.82) is 0 Å². The van der Waals surface area contributed by atoms with Gasteiger partial charge in [0, 0.05) is 41.3 Å². The zero-order valence-electron chi connectivity index (χ0n) is 24.5. The Bertz CT molecular complexity index is 1550. The zero-order valence-corrected chi connectivity index (χ0v) is 25.3. The summed E-state index contributed by atoms with van der Waals surface area (Å²) >= 11 is 6.25. The molecule has 0 radical (unpaired) electrons. The number of hydrogen-bond acceptors (Lipinski definition) is 8. The Hall–Kier alpha value is -2.98. The van der Waals surface area contributed by atoms with Gasteiger partial charge < -0.3 is 10.6 Å². The summed E-state index contributed by atoms with van der Waals surface area (Å²) < 4.78 is 70.3. The Morgan fingerprint density at radius 1 is 1.07 bits per heavy atom. The smallest absolute Gasteiger partial charge is 0.312 e. The minimum absolute atomic E-state index is 0.0313. The maximum absolute atomic E-state index is 14.1. The van der Waals surface area contributed by atoms with Crippen molar-refractivity contribution in [2.24, 2.45) is 11.8 Å². The molecule has 4 unspecified atom stereocenters. The third-order valence-electron chi connectivity index (χ3n) is 9.25. The fourth-order valence-corrected chi connectivity index (χ4v) is 7.22. The van der Waals surface area contributed by atoms with E-state index in [-0.39, 0.29) is 41.0 Å². The number of hydrazine groups is 1. The van der Waals surface area contributed by atoms with Crippen LogP contribution in [-0.4, -0.2) is 73.9 Å². The molecular formula is C29H35ClF5N9O. The van der Waals surface area contributed by atoms with Crippen LogP contribution in [0.3, 0.4) is 0 Å². The lowest BCUT2D eigenvalue weighted by molar-refractivity contribution is -0.141. The topological polar surface area (TPSA) is 105 Å². The maximum Gasteiger partial charge on any atom is 0.436 e. The van der Waals surface area contributed by atoms with Gasteiger partial charge in [0.1, 0.15) is 0 Å². The molecule has 3 saturated heterocycles. The third kappa shape index (κ3) is 6.77. The molecule has 3 aromatic rings. The molecule has 3 N–H and O–H groups in total. The molecule has 3 fully saturated rings. The fraction of sp³-hybridized carbons (Fsp3) is 0.586. The minimum atomic E-state index is -4.68. The Balaban J connectivity index is 1.33. The summed E-state index contributed by atoms with van der Waals surface area (Å²) in [5.41, 5.74) is 2.16. The van der Waals surface area contributed by atoms with Crippen LogP contribution in [0.2, 0.25) is 5.02 Å². The zero-order chi connectivity index (χ0) is 31.9. The molecule has 5 heterocycles. The summed E-state index contributed by atoms with van der Waals surface area (Å²) in [6.07, 6.45) is 1.32. The molecule has 0 amide bonds. The van der Waals surface area contributed by atoms with E-state index in [9.17, 15) is 26.7 Å². The Labute approximate surface area is 261 Å². The number of nitrogens with one attached hydrogen (secondary N) is 3. The third-order valence-corrected chi connectivity index (χ3v) is 9.48. The average Bonchev–Trinajstić information content (AvgIpc) is 3.67. The van der Waals surface area contributed by atoms with E-state index < -0.39 is 24.5 Å². The Morgan fingerprint density at radius 3 is 2.62 bits per heavy atom. The maximum atomic E-state index is 14.1. The molecule has 2 bridgehead atoms. The number of fused-ring (bicyclic) bond motifs is 4. The van der Waals surface area contributed by atoms with Crippen molar-refractivity contribution in [3.63, 3.8) is 0 Å². The van der Waals surface area contributed by atoms with Crippen molar-refractivity contribution in [3.8, 4) is 16.9 Å². The highest BCUT2D eigenvalue weighted by atomic mass is 35.5. The number of hydrogen-bond donors (Lipinski definition) is 3. The Morgan fingerprint density at radius 2 is 1.89 bits per heavy atom. The largest absolute Gasteiger partial charge is 0.436 e. The van der Waals surface area contributed by atoms with Crippen molar-refractivity contribution in [1.82, 2.24) is 45.6 Å². The van der Waals surface area contributed by atoms with Crippen LogP contribution in [0, 0.1) is 11.8 Å². The Kier molecular flexibility index (Phi) is 9.26. The molecule has 3 aliphatic heterocycles. The summed E-state index contributed by atoms with van der Waals surface area (Å²) in [6, 6.07) is 4.91. The van der Waals surface area contributed by atoms with Gasteiger partial charge in [-0.15, -0.1) is 5.10 Å². The SMILES string of the molecule is C[C@@H]1CCC[C@H](n2cnc(-c3cc(Cl)ccc3-n3cc(C(F)(F)F)nn3)cc2=O)C2CC(CCN2)C2C(CNN2C(F)F)NC1. The second-order valence-corrected chi connectivity index (χ2v) is 12.7. The van der Waals surface area contributed by atoms with Gasteiger partial charge in [-0.3, -0.25) is 9.36 Å². The van der Waals surface area contributed by atoms with E-state index in [2.05, 4.69) is 38.3 Å². The van der Waals surface area contributed by atoms with Crippen LogP contribution in [0.1, 0.15) is 50.8 Å². The highest BCUT2D eigenvalue weighted by Crippen LogP contribution is 2.35. The molecule has 0 aliphatic carbocycles. The van der Waals surface area contributed by atoms with Gasteiger partial charge in [-0.1, -0.05) is 30.2 Å². The van der Waals surface area contributed by atoms with E-state index in [4.69, 9.17) is 11.6 Å². The van der Waals surface area contributed by atoms with Crippen molar-refractivity contribution in [3.05, 3.63) is 57.9 Å². The quantitative estimate of drug-likeness (QED) is 0.283. The normalized spacial score (nSPS) is 28.4. The molecule has 10 nitrogen and oxygen atoms in total. The number of benzene rings is 1. The van der Waals surface area contributed by atoms with Crippen LogP contribution in [0.4, 0.5) is 22.0 Å². The molecule has 3 aliphatic rings. The van der Waals surface area contributed by atoms with E-state index >= 15 is 0 Å². The highest BCUT2D eigenvalue weighted by Gasteiger charge is 2.45. The first-order valence-electron chi connectivity index (χ1n) is 15.1. The lowest BCUT2D eigenvalue weighted by atomic mass is 9.79. The fourth-order valence-electron chi connectivity index (χ4n) is 7.05. The molecule has 6 atom stereocenters. The molecule has 45 heavy (non-hydrogen) atoms. The van der Waals surface area contributed by atoms with E-state index in [1.807, 2.05) is 0 Å². The summed E-state index contributed by atoms with van der Waals surface area (Å²) in [6.45, 7) is 1.28. The molecule has 2 aromatic heterocycles. The first kappa shape index (κ1) is 32.0. The lowest BCUT2D eigenvalue weighted by Gasteiger charge is -2.42. The van der Waals surface area contributed by atoms with Crippen LogP contribution in [0.5, 0.6) is 0 Å². The monoisotopic (exact) mass is 655 g/mol. The highest BCUT2D eigenvalue weighted by molar-refractivity contribution is 6.31. The predicted octanol–water partition coefficient (Wildman–Crippen LogP) is 4.26. The van der Waals surface area contributed by atoms with E-state index in [0.29, 0.717) is 49.0 Å².